The fourth-order valence-electron chi connectivity index (χ4n) is 2.21. The van der Waals surface area contributed by atoms with Crippen molar-refractivity contribution in [3.63, 3.8) is 0 Å². The molecule has 3 aromatic rings. The van der Waals surface area contributed by atoms with Crippen molar-refractivity contribution in [2.75, 3.05) is 0 Å². The number of nitro groups is 1. The molecule has 0 radical (unpaired) electrons. The molecule has 0 aliphatic heterocycles. The van der Waals surface area contributed by atoms with Crippen molar-refractivity contribution in [2.24, 2.45) is 4.99 Å². The van der Waals surface area contributed by atoms with Gasteiger partial charge < -0.3 is 4.74 Å². The van der Waals surface area contributed by atoms with E-state index in [2.05, 4.69) is 20.9 Å². The minimum absolute atomic E-state index is 0.0724. The van der Waals surface area contributed by atoms with E-state index in [1.54, 1.807) is 18.3 Å². The van der Waals surface area contributed by atoms with Gasteiger partial charge in [0.2, 0.25) is 0 Å². The van der Waals surface area contributed by atoms with Crippen LogP contribution in [0.25, 0.3) is 0 Å². The predicted octanol–water partition coefficient (Wildman–Crippen LogP) is 5.69. The third-order valence-electron chi connectivity index (χ3n) is 3.62. The van der Waals surface area contributed by atoms with Crippen LogP contribution < -0.4 is 4.74 Å². The Kier molecular flexibility index (Phi) is 5.76. The van der Waals surface area contributed by atoms with Gasteiger partial charge in [-0.25, -0.2) is 0 Å². The van der Waals surface area contributed by atoms with Gasteiger partial charge in [0.25, 0.3) is 5.69 Å². The van der Waals surface area contributed by atoms with Gasteiger partial charge in [-0.1, -0.05) is 15.9 Å². The lowest BCUT2D eigenvalue weighted by atomic mass is 10.2. The number of nitro benzene ring substituents is 1. The highest BCUT2D eigenvalue weighted by molar-refractivity contribution is 9.10. The smallest absolute Gasteiger partial charge is 0.269 e. The van der Waals surface area contributed by atoms with Crippen LogP contribution in [0.3, 0.4) is 0 Å². The van der Waals surface area contributed by atoms with Crippen LogP contribution in [-0.2, 0) is 6.61 Å². The van der Waals surface area contributed by atoms with Crippen LogP contribution >= 0.6 is 15.9 Å². The summed E-state index contributed by atoms with van der Waals surface area (Å²) in [6, 6.07) is 21.7. The number of aliphatic imine (C=N–C) groups is 1. The molecular weight excluding hydrogens is 396 g/mol. The summed E-state index contributed by atoms with van der Waals surface area (Å²) < 4.78 is 6.72. The largest absolute Gasteiger partial charge is 0.489 e. The van der Waals surface area contributed by atoms with Crippen LogP contribution in [0.1, 0.15) is 11.1 Å². The third kappa shape index (κ3) is 5.00. The molecule has 0 N–H and O–H groups in total. The van der Waals surface area contributed by atoms with E-state index in [4.69, 9.17) is 4.74 Å². The quantitative estimate of drug-likeness (QED) is 0.298. The van der Waals surface area contributed by atoms with Crippen molar-refractivity contribution < 1.29 is 9.66 Å². The lowest BCUT2D eigenvalue weighted by Crippen LogP contribution is -1.96. The van der Waals surface area contributed by atoms with Crippen LogP contribution in [0.15, 0.2) is 82.3 Å². The molecule has 0 saturated heterocycles. The number of nitrogens with zero attached hydrogens (tertiary/aromatic N) is 2. The highest BCUT2D eigenvalue weighted by atomic mass is 79.9. The van der Waals surface area contributed by atoms with Crippen molar-refractivity contribution in [1.82, 2.24) is 0 Å². The maximum absolute atomic E-state index is 10.6. The molecule has 0 aliphatic carbocycles. The number of hydrogen-bond donors (Lipinski definition) is 0. The summed E-state index contributed by atoms with van der Waals surface area (Å²) in [6.45, 7) is 0.352. The Hall–Kier alpha value is -2.99. The lowest BCUT2D eigenvalue weighted by molar-refractivity contribution is -0.384. The van der Waals surface area contributed by atoms with E-state index in [-0.39, 0.29) is 5.69 Å². The molecule has 0 spiro atoms. The third-order valence-corrected chi connectivity index (χ3v) is 4.15. The van der Waals surface area contributed by atoms with E-state index in [0.717, 1.165) is 27.0 Å². The zero-order valence-corrected chi connectivity index (χ0v) is 15.3. The second-order valence-corrected chi connectivity index (χ2v) is 6.43. The molecule has 6 heteroatoms. The van der Waals surface area contributed by atoms with Gasteiger partial charge in [0, 0.05) is 22.8 Å². The molecule has 0 heterocycles. The first kappa shape index (κ1) is 17.8. The van der Waals surface area contributed by atoms with Crippen LogP contribution in [0.5, 0.6) is 5.75 Å². The first-order chi connectivity index (χ1) is 12.6. The first-order valence-electron chi connectivity index (χ1n) is 7.86. The van der Waals surface area contributed by atoms with Crippen LogP contribution in [0.4, 0.5) is 11.4 Å². The standard InChI is InChI=1S/C20H15BrN2O3/c21-17-5-7-18(8-6-17)22-13-15-3-11-20(12-4-15)26-14-16-1-9-19(10-2-16)23(24)25/h1-13H,14H2. The molecule has 0 saturated carbocycles. The molecular formula is C20H15BrN2O3. The summed E-state index contributed by atoms with van der Waals surface area (Å²) in [7, 11) is 0. The second kappa shape index (κ2) is 8.40. The monoisotopic (exact) mass is 410 g/mol. The fourth-order valence-corrected chi connectivity index (χ4v) is 2.47. The molecule has 0 atom stereocenters. The molecule has 0 bridgehead atoms. The second-order valence-electron chi connectivity index (χ2n) is 5.52. The average Bonchev–Trinajstić information content (AvgIpc) is 2.67. The van der Waals surface area contributed by atoms with Crippen LogP contribution in [-0.4, -0.2) is 11.1 Å². The molecule has 0 fully saturated rings. The summed E-state index contributed by atoms with van der Waals surface area (Å²) in [5, 5.41) is 10.6. The van der Waals surface area contributed by atoms with Crippen molar-refractivity contribution in [3.8, 4) is 5.75 Å². The highest BCUT2D eigenvalue weighted by Crippen LogP contribution is 2.18. The van der Waals surface area contributed by atoms with Gasteiger partial charge in [-0.2, -0.15) is 0 Å². The van der Waals surface area contributed by atoms with Crippen LogP contribution in [0.2, 0.25) is 0 Å². The van der Waals surface area contributed by atoms with Gasteiger partial charge in [0.05, 0.1) is 10.6 Å². The van der Waals surface area contributed by atoms with E-state index in [1.807, 2.05) is 48.5 Å². The number of ether oxygens (including phenoxy) is 1. The van der Waals surface area contributed by atoms with Gasteiger partial charge in [-0.15, -0.1) is 0 Å². The maximum Gasteiger partial charge on any atom is 0.269 e. The Balaban J connectivity index is 1.57. The number of rotatable bonds is 6. The van der Waals surface area contributed by atoms with Crippen molar-refractivity contribution in [1.29, 1.82) is 0 Å². The topological polar surface area (TPSA) is 64.7 Å². The average molecular weight is 411 g/mol. The van der Waals surface area contributed by atoms with Gasteiger partial charge in [0.15, 0.2) is 0 Å². The number of non-ortho nitro benzene ring substituents is 1. The Labute approximate surface area is 159 Å². The first-order valence-corrected chi connectivity index (χ1v) is 8.65. The van der Waals surface area contributed by atoms with E-state index in [9.17, 15) is 10.1 Å². The summed E-state index contributed by atoms with van der Waals surface area (Å²) in [6.07, 6.45) is 1.79. The molecule has 0 aromatic heterocycles. The SMILES string of the molecule is O=[N+]([O-])c1ccc(COc2ccc(C=Nc3ccc(Br)cc3)cc2)cc1. The van der Waals surface area contributed by atoms with Gasteiger partial charge in [0.1, 0.15) is 12.4 Å². The van der Waals surface area contributed by atoms with E-state index < -0.39 is 4.92 Å². The highest BCUT2D eigenvalue weighted by Gasteiger charge is 2.04. The van der Waals surface area contributed by atoms with Gasteiger partial charge in [-0.05, 0) is 71.8 Å². The molecule has 3 rings (SSSR count). The molecule has 3 aromatic carbocycles. The zero-order chi connectivity index (χ0) is 18.4. The van der Waals surface area contributed by atoms with Gasteiger partial charge in [-0.3, -0.25) is 15.1 Å². The lowest BCUT2D eigenvalue weighted by Gasteiger charge is -2.06. The summed E-state index contributed by atoms with van der Waals surface area (Å²) >= 11 is 3.40. The summed E-state index contributed by atoms with van der Waals surface area (Å²) in [5.41, 5.74) is 2.79. The Bertz CT molecular complexity index is 905. The number of benzene rings is 3. The minimum Gasteiger partial charge on any atom is -0.489 e. The van der Waals surface area contributed by atoms with Crippen molar-refractivity contribution in [3.05, 3.63) is 98.5 Å². The Morgan fingerprint density at radius 2 is 1.62 bits per heavy atom. The molecule has 130 valence electrons. The fraction of sp³-hybridized carbons (Fsp3) is 0.0500. The molecule has 0 amide bonds. The van der Waals surface area contributed by atoms with E-state index in [0.29, 0.717) is 6.61 Å². The summed E-state index contributed by atoms with van der Waals surface area (Å²) in [4.78, 5) is 14.6. The van der Waals surface area contributed by atoms with Gasteiger partial charge >= 0.3 is 0 Å². The predicted molar refractivity (Wildman–Crippen MR) is 105 cm³/mol. The molecule has 26 heavy (non-hydrogen) atoms. The van der Waals surface area contributed by atoms with E-state index in [1.165, 1.54) is 12.1 Å². The Morgan fingerprint density at radius 3 is 2.23 bits per heavy atom. The van der Waals surface area contributed by atoms with Crippen LogP contribution in [0, 0.1) is 10.1 Å². The minimum atomic E-state index is -0.417. The normalized spacial score (nSPS) is 10.8. The van der Waals surface area contributed by atoms with Crippen molar-refractivity contribution >= 4 is 33.5 Å². The number of halogens is 1. The van der Waals surface area contributed by atoms with E-state index >= 15 is 0 Å². The molecule has 0 unspecified atom stereocenters. The zero-order valence-electron chi connectivity index (χ0n) is 13.7. The number of hydrogen-bond acceptors (Lipinski definition) is 4. The Morgan fingerprint density at radius 1 is 0.962 bits per heavy atom. The molecule has 5 nitrogen and oxygen atoms in total. The van der Waals surface area contributed by atoms with Crippen molar-refractivity contribution in [2.45, 2.75) is 6.61 Å². The molecule has 0 aliphatic rings. The summed E-state index contributed by atoms with van der Waals surface area (Å²) in [5.74, 6) is 0.726. The maximum atomic E-state index is 10.6.